The normalized spacial score (nSPS) is 22.8. The van der Waals surface area contributed by atoms with E-state index in [1.807, 2.05) is 13.8 Å². The topological polar surface area (TPSA) is 71.1 Å². The molecule has 0 spiro atoms. The number of benzene rings is 2. The molecule has 1 saturated carbocycles. The van der Waals surface area contributed by atoms with Gasteiger partial charge in [-0.1, -0.05) is 31.0 Å². The van der Waals surface area contributed by atoms with Gasteiger partial charge in [-0.3, -0.25) is 9.59 Å². The average Bonchev–Trinajstić information content (AvgIpc) is 3.50. The number of hydrogen-bond acceptors (Lipinski definition) is 6. The summed E-state index contributed by atoms with van der Waals surface area (Å²) in [6.45, 7) is 9.08. The minimum atomic E-state index is -0.767. The Hall–Kier alpha value is -3.43. The first-order valence-electron chi connectivity index (χ1n) is 14.4. The number of allylic oxidation sites excluding steroid dienone is 1. The van der Waals surface area contributed by atoms with Crippen LogP contribution in [0.5, 0.6) is 5.75 Å². The molecule has 2 aliphatic heterocycles. The van der Waals surface area contributed by atoms with Crippen molar-refractivity contribution in [2.45, 2.75) is 63.8 Å². The van der Waals surface area contributed by atoms with E-state index in [1.54, 1.807) is 11.0 Å². The summed E-state index contributed by atoms with van der Waals surface area (Å²) in [7, 11) is 0. The van der Waals surface area contributed by atoms with E-state index in [1.165, 1.54) is 24.3 Å². The highest BCUT2D eigenvalue weighted by Gasteiger charge is 2.36. The van der Waals surface area contributed by atoms with Gasteiger partial charge in [-0.2, -0.15) is 0 Å². The highest BCUT2D eigenvalue weighted by atomic mass is 35.5. The quantitative estimate of drug-likeness (QED) is 0.294. The summed E-state index contributed by atoms with van der Waals surface area (Å²) < 4.78 is 41.3. The Morgan fingerprint density at radius 3 is 2.57 bits per heavy atom. The Morgan fingerprint density at radius 1 is 1.17 bits per heavy atom. The van der Waals surface area contributed by atoms with E-state index in [4.69, 9.17) is 21.1 Å². The van der Waals surface area contributed by atoms with Crippen LogP contribution in [0.4, 0.5) is 14.5 Å². The van der Waals surface area contributed by atoms with Crippen LogP contribution in [0.1, 0.15) is 45.1 Å². The molecule has 0 bridgehead atoms. The number of amides is 1. The smallest absolute Gasteiger partial charge is 0.246 e. The van der Waals surface area contributed by atoms with Crippen LogP contribution in [0.2, 0.25) is 5.02 Å². The summed E-state index contributed by atoms with van der Waals surface area (Å²) in [5.41, 5.74) is 2.13. The molecule has 2 fully saturated rings. The third-order valence-electron chi connectivity index (χ3n) is 8.30. The summed E-state index contributed by atoms with van der Waals surface area (Å²) in [4.78, 5) is 28.3. The number of nitrogens with one attached hydrogen (secondary N) is 1. The van der Waals surface area contributed by atoms with Crippen molar-refractivity contribution in [1.82, 2.24) is 9.80 Å². The van der Waals surface area contributed by atoms with Gasteiger partial charge in [-0.25, -0.2) is 8.78 Å². The molecule has 0 aromatic heterocycles. The lowest BCUT2D eigenvalue weighted by atomic mass is 9.95. The van der Waals surface area contributed by atoms with Crippen LogP contribution in [0.3, 0.4) is 0 Å². The van der Waals surface area contributed by atoms with E-state index in [0.717, 1.165) is 31.7 Å². The molecule has 3 atom stereocenters. The molecule has 1 aliphatic carbocycles. The molecule has 3 aliphatic rings. The standard InChI is InChI=1S/C32H36ClF2N3O4/c1-4-29(40)38-16-19(2)37(15-20(38)3)28(11-12-39)25-14-26(33)30(24-10-9-21(34)13-27(24)35)32-31(25)36-22(18-42-32)17-41-23-7-5-6-8-23/h4,9-14,19-20,22-23,36H,1,5-8,15-18H2,2-3H3/b28-11+/t19-,20+,22-/m0/s1. The van der Waals surface area contributed by atoms with E-state index >= 15 is 4.39 Å². The number of fused-ring (bicyclic) bond motifs is 1. The van der Waals surface area contributed by atoms with Crippen molar-refractivity contribution in [2.24, 2.45) is 0 Å². The van der Waals surface area contributed by atoms with E-state index in [9.17, 15) is 14.0 Å². The third-order valence-corrected chi connectivity index (χ3v) is 8.60. The van der Waals surface area contributed by atoms with Crippen LogP contribution in [-0.4, -0.2) is 72.5 Å². The number of anilines is 1. The highest BCUT2D eigenvalue weighted by molar-refractivity contribution is 6.34. The van der Waals surface area contributed by atoms with Crippen LogP contribution in [0, 0.1) is 11.6 Å². The van der Waals surface area contributed by atoms with Gasteiger partial charge in [0.05, 0.1) is 29.5 Å². The Morgan fingerprint density at radius 2 is 1.88 bits per heavy atom. The average molecular weight is 600 g/mol. The fraction of sp³-hybridized carbons (Fsp3) is 0.438. The second-order valence-electron chi connectivity index (χ2n) is 11.2. The van der Waals surface area contributed by atoms with Gasteiger partial charge in [0.1, 0.15) is 24.5 Å². The van der Waals surface area contributed by atoms with Crippen LogP contribution >= 0.6 is 11.6 Å². The Kier molecular flexibility index (Phi) is 9.18. The largest absolute Gasteiger partial charge is 0.488 e. The predicted molar refractivity (Wildman–Crippen MR) is 159 cm³/mol. The first-order chi connectivity index (χ1) is 20.2. The molecular weight excluding hydrogens is 564 g/mol. The molecule has 2 aromatic carbocycles. The van der Waals surface area contributed by atoms with Crippen molar-refractivity contribution in [1.29, 1.82) is 0 Å². The fourth-order valence-electron chi connectivity index (χ4n) is 6.18. The minimum absolute atomic E-state index is 0.103. The van der Waals surface area contributed by atoms with Crippen molar-refractivity contribution in [3.05, 3.63) is 65.2 Å². The first-order valence-corrected chi connectivity index (χ1v) is 14.8. The van der Waals surface area contributed by atoms with Crippen LogP contribution in [-0.2, 0) is 14.3 Å². The predicted octanol–water partition coefficient (Wildman–Crippen LogP) is 6.06. The van der Waals surface area contributed by atoms with Gasteiger partial charge in [0.25, 0.3) is 0 Å². The first kappa shape index (κ1) is 30.0. The Bertz CT molecular complexity index is 1390. The maximum absolute atomic E-state index is 15.1. The van der Waals surface area contributed by atoms with Crippen LogP contribution in [0.25, 0.3) is 16.8 Å². The van der Waals surface area contributed by atoms with Crippen molar-refractivity contribution >= 4 is 35.2 Å². The van der Waals surface area contributed by atoms with Gasteiger partial charge in [-0.05, 0) is 51.0 Å². The van der Waals surface area contributed by atoms with Crippen LogP contribution in [0.15, 0.2) is 43.0 Å². The maximum atomic E-state index is 15.1. The lowest BCUT2D eigenvalue weighted by Crippen LogP contribution is -2.57. The van der Waals surface area contributed by atoms with Crippen molar-refractivity contribution in [3.8, 4) is 16.9 Å². The van der Waals surface area contributed by atoms with Gasteiger partial charge in [0.2, 0.25) is 5.91 Å². The fourth-order valence-corrected chi connectivity index (χ4v) is 6.47. The molecule has 5 rings (SSSR count). The molecule has 7 nitrogen and oxygen atoms in total. The molecule has 0 radical (unpaired) electrons. The minimum Gasteiger partial charge on any atom is -0.488 e. The summed E-state index contributed by atoms with van der Waals surface area (Å²) >= 11 is 6.84. The summed E-state index contributed by atoms with van der Waals surface area (Å²) in [6.07, 6.45) is 8.07. The molecule has 224 valence electrons. The Labute approximate surface area is 250 Å². The number of carbonyl (C=O) groups is 2. The van der Waals surface area contributed by atoms with E-state index in [2.05, 4.69) is 16.8 Å². The number of rotatable bonds is 8. The molecule has 1 amide bonds. The summed E-state index contributed by atoms with van der Waals surface area (Å²) in [5.74, 6) is -1.30. The highest BCUT2D eigenvalue weighted by Crippen LogP contribution is 2.49. The van der Waals surface area contributed by atoms with Gasteiger partial charge in [0, 0.05) is 59.7 Å². The number of piperazine rings is 1. The lowest BCUT2D eigenvalue weighted by Gasteiger charge is -2.46. The van der Waals surface area contributed by atoms with Gasteiger partial charge in [-0.15, -0.1) is 0 Å². The lowest BCUT2D eigenvalue weighted by molar-refractivity contribution is -0.130. The summed E-state index contributed by atoms with van der Waals surface area (Å²) in [5, 5.41) is 3.72. The molecule has 42 heavy (non-hydrogen) atoms. The number of carbonyl (C=O) groups excluding carboxylic acids is 2. The zero-order valence-corrected chi connectivity index (χ0v) is 24.6. The Balaban J connectivity index is 1.57. The van der Waals surface area contributed by atoms with E-state index in [0.29, 0.717) is 54.2 Å². The number of aldehydes is 1. The number of hydrogen-bond donors (Lipinski definition) is 1. The van der Waals surface area contributed by atoms with Crippen molar-refractivity contribution in [3.63, 3.8) is 0 Å². The summed E-state index contributed by atoms with van der Waals surface area (Å²) in [6, 6.07) is 4.50. The monoisotopic (exact) mass is 599 g/mol. The van der Waals surface area contributed by atoms with Gasteiger partial charge < -0.3 is 24.6 Å². The van der Waals surface area contributed by atoms with E-state index < -0.39 is 11.6 Å². The molecular formula is C32H36ClF2N3O4. The van der Waals surface area contributed by atoms with Gasteiger partial charge in [0.15, 0.2) is 5.75 Å². The molecule has 0 unspecified atom stereocenters. The third kappa shape index (κ3) is 6.03. The molecule has 1 N–H and O–H groups in total. The number of ether oxygens (including phenoxy) is 2. The number of halogens is 3. The maximum Gasteiger partial charge on any atom is 0.246 e. The molecule has 2 heterocycles. The van der Waals surface area contributed by atoms with Crippen molar-refractivity contribution < 1.29 is 27.8 Å². The zero-order valence-electron chi connectivity index (χ0n) is 23.9. The second kappa shape index (κ2) is 12.8. The SMILES string of the molecule is C=CC(=O)N1C[C@H](C)N(/C(=C/C=O)c2cc(Cl)c(-c3ccc(F)cc3F)c3c2N[C@@H](COC2CCCC2)CO3)C[C@H]1C. The van der Waals surface area contributed by atoms with Crippen LogP contribution < -0.4 is 10.1 Å². The molecule has 2 aromatic rings. The molecule has 1 saturated heterocycles. The zero-order chi connectivity index (χ0) is 30.0. The second-order valence-corrected chi connectivity index (χ2v) is 11.6. The van der Waals surface area contributed by atoms with Crippen molar-refractivity contribution in [2.75, 3.05) is 31.6 Å². The number of nitrogens with zero attached hydrogens (tertiary/aromatic N) is 2. The van der Waals surface area contributed by atoms with E-state index in [-0.39, 0.29) is 47.3 Å². The van der Waals surface area contributed by atoms with Gasteiger partial charge >= 0.3 is 0 Å². The molecule has 10 heteroatoms.